The van der Waals surface area contributed by atoms with Gasteiger partial charge in [0.15, 0.2) is 0 Å². The van der Waals surface area contributed by atoms with E-state index in [9.17, 15) is 19.0 Å². The molecule has 1 fully saturated rings. The molecule has 0 spiro atoms. The molecule has 0 amide bonds. The second-order valence-corrected chi connectivity index (χ2v) is 6.86. The van der Waals surface area contributed by atoms with E-state index in [-0.39, 0.29) is 6.29 Å². The summed E-state index contributed by atoms with van der Waals surface area (Å²) in [5.41, 5.74) is -1.40. The normalized spacial score (nSPS) is 20.8. The van der Waals surface area contributed by atoms with E-state index in [0.717, 1.165) is 14.2 Å². The van der Waals surface area contributed by atoms with Crippen LogP contribution in [-0.4, -0.2) is 74.2 Å². The number of hydrogen-bond acceptors (Lipinski definition) is 7. The predicted octanol–water partition coefficient (Wildman–Crippen LogP) is -0.349. The highest BCUT2D eigenvalue weighted by Crippen LogP contribution is 2.49. The quantitative estimate of drug-likeness (QED) is 0.525. The Labute approximate surface area is 117 Å². The Morgan fingerprint density at radius 2 is 1.90 bits per heavy atom. The summed E-state index contributed by atoms with van der Waals surface area (Å²) in [6.45, 7) is 1.97. The van der Waals surface area contributed by atoms with Gasteiger partial charge in [-0.2, -0.15) is 0 Å². The van der Waals surface area contributed by atoms with Crippen molar-refractivity contribution in [2.24, 2.45) is 0 Å². The van der Waals surface area contributed by atoms with E-state index in [1.807, 2.05) is 0 Å². The van der Waals surface area contributed by atoms with Crippen molar-refractivity contribution in [3.05, 3.63) is 0 Å². The molecule has 20 heavy (non-hydrogen) atoms. The Morgan fingerprint density at radius 1 is 1.30 bits per heavy atom. The molecule has 0 aromatic heterocycles. The van der Waals surface area contributed by atoms with Crippen LogP contribution < -0.4 is 0 Å². The molecule has 1 unspecified atom stereocenters. The number of carbonyl (C=O) groups is 2. The van der Waals surface area contributed by atoms with E-state index in [2.05, 4.69) is 9.47 Å². The lowest BCUT2D eigenvalue weighted by Crippen LogP contribution is -2.39. The molecule has 0 aromatic rings. The summed E-state index contributed by atoms with van der Waals surface area (Å²) in [6.07, 6.45) is -0.644. The van der Waals surface area contributed by atoms with Crippen LogP contribution in [0.4, 0.5) is 0 Å². The summed E-state index contributed by atoms with van der Waals surface area (Å²) < 4.78 is 26.5. The van der Waals surface area contributed by atoms with Crippen molar-refractivity contribution in [1.29, 1.82) is 0 Å². The molecule has 1 aliphatic rings. The molecule has 0 radical (unpaired) electrons. The smallest absolute Gasteiger partial charge is 0.319 e. The lowest BCUT2D eigenvalue weighted by atomic mass is 10.3. The predicted molar refractivity (Wildman–Crippen MR) is 69.5 cm³/mol. The second kappa shape index (κ2) is 7.73. The summed E-state index contributed by atoms with van der Waals surface area (Å²) in [5, 5.41) is 0. The number of esters is 2. The van der Waals surface area contributed by atoms with Crippen LogP contribution in [-0.2, 0) is 28.4 Å². The van der Waals surface area contributed by atoms with Crippen LogP contribution in [0.15, 0.2) is 0 Å². The Balaban J connectivity index is 2.77. The van der Waals surface area contributed by atoms with Gasteiger partial charge in [-0.25, -0.2) is 0 Å². The van der Waals surface area contributed by atoms with Gasteiger partial charge in [0.05, 0.1) is 40.1 Å². The van der Waals surface area contributed by atoms with Crippen LogP contribution in [0.1, 0.15) is 6.42 Å². The average Bonchev–Trinajstić information content (AvgIpc) is 2.44. The molecule has 1 rings (SSSR count). The molecular formula is C11H20NO7P. The third-order valence-electron chi connectivity index (χ3n) is 3.05. The van der Waals surface area contributed by atoms with Gasteiger partial charge in [-0.05, 0) is 0 Å². The number of hydrogen-bond donors (Lipinski definition) is 1. The highest BCUT2D eigenvalue weighted by Gasteiger charge is 2.41. The van der Waals surface area contributed by atoms with Crippen LogP contribution in [0.5, 0.6) is 0 Å². The summed E-state index contributed by atoms with van der Waals surface area (Å²) in [7, 11) is -1.65. The van der Waals surface area contributed by atoms with Crippen LogP contribution in [0.25, 0.3) is 0 Å². The average molecular weight is 309 g/mol. The van der Waals surface area contributed by atoms with E-state index >= 15 is 0 Å². The molecule has 0 aromatic carbocycles. The maximum atomic E-state index is 12.4. The largest absolute Gasteiger partial charge is 0.469 e. The van der Waals surface area contributed by atoms with Crippen molar-refractivity contribution in [3.8, 4) is 0 Å². The fourth-order valence-electron chi connectivity index (χ4n) is 1.90. The van der Waals surface area contributed by atoms with Crippen molar-refractivity contribution in [3.63, 3.8) is 0 Å². The molecule has 0 aliphatic carbocycles. The van der Waals surface area contributed by atoms with Gasteiger partial charge >= 0.3 is 11.9 Å². The lowest BCUT2D eigenvalue weighted by Gasteiger charge is -2.30. The van der Waals surface area contributed by atoms with Crippen LogP contribution >= 0.6 is 7.37 Å². The Hall–Kier alpha value is -0.950. The first-order chi connectivity index (χ1) is 9.40. The van der Waals surface area contributed by atoms with Crippen LogP contribution in [0.2, 0.25) is 0 Å². The minimum absolute atomic E-state index is 0.173. The summed E-state index contributed by atoms with van der Waals surface area (Å²) in [4.78, 5) is 34.8. The second-order valence-electron chi connectivity index (χ2n) is 4.45. The SMILES string of the molecule is COC(=O)C[C@@H](C(=O)OC)P(=O)(O)CN1CCOCC1. The van der Waals surface area contributed by atoms with Gasteiger partial charge in [-0.3, -0.25) is 19.1 Å². The van der Waals surface area contributed by atoms with Gasteiger partial charge in [0.25, 0.3) is 0 Å². The van der Waals surface area contributed by atoms with Crippen LogP contribution in [0, 0.1) is 0 Å². The van der Waals surface area contributed by atoms with Gasteiger partial charge in [0, 0.05) is 13.1 Å². The third kappa shape index (κ3) is 4.86. The van der Waals surface area contributed by atoms with E-state index in [1.54, 1.807) is 4.90 Å². The van der Waals surface area contributed by atoms with Gasteiger partial charge < -0.3 is 19.1 Å². The van der Waals surface area contributed by atoms with Crippen molar-refractivity contribution in [2.45, 2.75) is 12.1 Å². The minimum atomic E-state index is -3.92. The molecule has 2 atom stereocenters. The number of nitrogens with zero attached hydrogens (tertiary/aromatic N) is 1. The first kappa shape index (κ1) is 17.1. The fourth-order valence-corrected chi connectivity index (χ4v) is 3.82. The number of morpholine rings is 1. The number of carbonyl (C=O) groups excluding carboxylic acids is 2. The Morgan fingerprint density at radius 3 is 2.40 bits per heavy atom. The highest BCUT2D eigenvalue weighted by molar-refractivity contribution is 7.59. The lowest BCUT2D eigenvalue weighted by molar-refractivity contribution is -0.147. The topological polar surface area (TPSA) is 102 Å². The minimum Gasteiger partial charge on any atom is -0.469 e. The van der Waals surface area contributed by atoms with Crippen molar-refractivity contribution in [1.82, 2.24) is 4.90 Å². The van der Waals surface area contributed by atoms with Crippen molar-refractivity contribution < 1.29 is 33.3 Å². The van der Waals surface area contributed by atoms with E-state index < -0.39 is 31.4 Å². The molecule has 0 saturated carbocycles. The zero-order valence-electron chi connectivity index (χ0n) is 11.6. The third-order valence-corrected chi connectivity index (χ3v) is 5.23. The Bertz CT molecular complexity index is 394. The zero-order valence-corrected chi connectivity index (χ0v) is 12.5. The van der Waals surface area contributed by atoms with E-state index in [0.29, 0.717) is 26.3 Å². The molecule has 1 aliphatic heterocycles. The number of rotatable bonds is 6. The first-order valence-electron chi connectivity index (χ1n) is 6.17. The van der Waals surface area contributed by atoms with Crippen molar-refractivity contribution >= 4 is 19.3 Å². The monoisotopic (exact) mass is 309 g/mol. The molecule has 1 heterocycles. The van der Waals surface area contributed by atoms with Crippen LogP contribution in [0.3, 0.4) is 0 Å². The molecular weight excluding hydrogens is 289 g/mol. The Kier molecular flexibility index (Phi) is 6.61. The number of methoxy groups -OCH3 is 2. The highest BCUT2D eigenvalue weighted by atomic mass is 31.2. The van der Waals surface area contributed by atoms with E-state index in [1.165, 1.54) is 0 Å². The fraction of sp³-hybridized carbons (Fsp3) is 0.818. The summed E-state index contributed by atoms with van der Waals surface area (Å²) in [5.74, 6) is -1.61. The van der Waals surface area contributed by atoms with E-state index in [4.69, 9.17) is 4.74 Å². The summed E-state index contributed by atoms with van der Waals surface area (Å²) >= 11 is 0. The zero-order chi connectivity index (χ0) is 15.2. The molecule has 9 heteroatoms. The molecule has 0 bridgehead atoms. The first-order valence-corrected chi connectivity index (χ1v) is 8.08. The summed E-state index contributed by atoms with van der Waals surface area (Å²) in [6, 6.07) is 0. The van der Waals surface area contributed by atoms with Crippen molar-refractivity contribution in [2.75, 3.05) is 46.8 Å². The van der Waals surface area contributed by atoms with Gasteiger partial charge in [0.2, 0.25) is 7.37 Å². The van der Waals surface area contributed by atoms with Gasteiger partial charge in [-0.1, -0.05) is 0 Å². The molecule has 1 N–H and O–H groups in total. The molecule has 1 saturated heterocycles. The molecule has 116 valence electrons. The standard InChI is InChI=1S/C11H20NO7P/c1-17-10(13)7-9(11(14)18-2)20(15,16)8-12-3-5-19-6-4-12/h9H,3-8H2,1-2H3,(H,15,16)/t9-/m0/s1. The maximum absolute atomic E-state index is 12.4. The van der Waals surface area contributed by atoms with Gasteiger partial charge in [0.1, 0.15) is 5.66 Å². The van der Waals surface area contributed by atoms with Gasteiger partial charge in [-0.15, -0.1) is 0 Å². The maximum Gasteiger partial charge on any atom is 0.319 e. The molecule has 8 nitrogen and oxygen atoms in total. The number of ether oxygens (including phenoxy) is 3.